The van der Waals surface area contributed by atoms with Gasteiger partial charge in [0.2, 0.25) is 5.91 Å². The summed E-state index contributed by atoms with van der Waals surface area (Å²) in [6.45, 7) is 1.13. The van der Waals surface area contributed by atoms with Crippen molar-refractivity contribution < 1.29 is 19.1 Å². The summed E-state index contributed by atoms with van der Waals surface area (Å²) in [6.07, 6.45) is 0.941. The summed E-state index contributed by atoms with van der Waals surface area (Å²) in [7, 11) is 1.55. The summed E-state index contributed by atoms with van der Waals surface area (Å²) in [5, 5.41) is 2.87. The maximum Gasteiger partial charge on any atom is 0.257 e. The van der Waals surface area contributed by atoms with Gasteiger partial charge in [0.05, 0.1) is 19.3 Å². The van der Waals surface area contributed by atoms with Crippen LogP contribution < -0.4 is 15.0 Å². The van der Waals surface area contributed by atoms with Crippen LogP contribution in [0.5, 0.6) is 5.75 Å². The minimum Gasteiger partial charge on any atom is -0.496 e. The number of carbonyl (C=O) groups excluding carboxylic acids is 3. The summed E-state index contributed by atoms with van der Waals surface area (Å²) < 4.78 is 5.38. The number of nitrogens with zero attached hydrogens (tertiary/aromatic N) is 3. The van der Waals surface area contributed by atoms with Gasteiger partial charge in [-0.25, -0.2) is 0 Å². The van der Waals surface area contributed by atoms with Crippen LogP contribution in [0.3, 0.4) is 0 Å². The predicted octanol–water partition coefficient (Wildman–Crippen LogP) is 3.62. The third kappa shape index (κ3) is 4.74. The molecule has 2 heterocycles. The van der Waals surface area contributed by atoms with Crippen molar-refractivity contribution in [2.24, 2.45) is 0 Å². The third-order valence-electron chi connectivity index (χ3n) is 7.19. The molecule has 0 aromatic heterocycles. The van der Waals surface area contributed by atoms with Gasteiger partial charge in [0.25, 0.3) is 11.8 Å². The van der Waals surface area contributed by atoms with E-state index in [9.17, 15) is 14.4 Å². The number of nitrogens with one attached hydrogen (secondary N) is 1. The number of hydrogen-bond donors (Lipinski definition) is 1. The minimum atomic E-state index is -0.814. The summed E-state index contributed by atoms with van der Waals surface area (Å²) in [5.41, 5.74) is 1.31. The topological polar surface area (TPSA) is 82.2 Å². The van der Waals surface area contributed by atoms with Gasteiger partial charge in [-0.05, 0) is 49.2 Å². The Bertz CT molecular complexity index is 1270. The number of para-hydroxylation sites is 3. The largest absolute Gasteiger partial charge is 0.496 e. The molecular weight excluding hydrogens is 468 g/mol. The number of likely N-dealkylation sites (tertiary alicyclic amines) is 1. The first-order valence-electron chi connectivity index (χ1n) is 12.4. The summed E-state index contributed by atoms with van der Waals surface area (Å²) in [6, 6.07) is 26.2. The van der Waals surface area contributed by atoms with Crippen molar-refractivity contribution in [2.45, 2.75) is 18.4 Å². The molecule has 8 heteroatoms. The van der Waals surface area contributed by atoms with Gasteiger partial charge in [-0.2, -0.15) is 0 Å². The SMILES string of the molecule is COc1ccccc1C(=O)N1CCC2(CC1)C(=O)N(CC(=O)Nc1ccccc1)CN2c1ccccc1. The Morgan fingerprint density at radius 3 is 2.19 bits per heavy atom. The average molecular weight is 499 g/mol. The summed E-state index contributed by atoms with van der Waals surface area (Å²) >= 11 is 0. The van der Waals surface area contributed by atoms with E-state index >= 15 is 0 Å². The van der Waals surface area contributed by atoms with Crippen LogP contribution in [0.2, 0.25) is 0 Å². The molecule has 2 saturated heterocycles. The molecule has 0 saturated carbocycles. The fourth-order valence-electron chi connectivity index (χ4n) is 5.29. The van der Waals surface area contributed by atoms with Gasteiger partial charge >= 0.3 is 0 Å². The molecule has 37 heavy (non-hydrogen) atoms. The summed E-state index contributed by atoms with van der Waals surface area (Å²) in [5.74, 6) is 0.103. The van der Waals surface area contributed by atoms with Gasteiger partial charge in [-0.3, -0.25) is 14.4 Å². The van der Waals surface area contributed by atoms with E-state index in [1.54, 1.807) is 29.0 Å². The molecule has 3 aromatic rings. The number of hydrogen-bond acceptors (Lipinski definition) is 5. The van der Waals surface area contributed by atoms with Crippen molar-refractivity contribution in [1.82, 2.24) is 9.80 Å². The van der Waals surface area contributed by atoms with Gasteiger partial charge in [-0.1, -0.05) is 48.5 Å². The first kappa shape index (κ1) is 24.4. The third-order valence-corrected chi connectivity index (χ3v) is 7.19. The van der Waals surface area contributed by atoms with E-state index in [0.29, 0.717) is 49.6 Å². The monoisotopic (exact) mass is 498 g/mol. The number of amides is 3. The van der Waals surface area contributed by atoms with Crippen molar-refractivity contribution >= 4 is 29.1 Å². The highest BCUT2D eigenvalue weighted by Crippen LogP contribution is 2.40. The number of piperidine rings is 1. The fourth-order valence-corrected chi connectivity index (χ4v) is 5.29. The molecule has 2 fully saturated rings. The second-order valence-electron chi connectivity index (χ2n) is 9.35. The van der Waals surface area contributed by atoms with Gasteiger partial charge < -0.3 is 24.8 Å². The number of carbonyl (C=O) groups is 3. The van der Waals surface area contributed by atoms with E-state index in [1.807, 2.05) is 72.8 Å². The number of methoxy groups -OCH3 is 1. The van der Waals surface area contributed by atoms with Gasteiger partial charge in [0.1, 0.15) is 17.8 Å². The lowest BCUT2D eigenvalue weighted by Crippen LogP contribution is -2.57. The molecule has 190 valence electrons. The number of rotatable bonds is 6. The minimum absolute atomic E-state index is 0.0390. The predicted molar refractivity (Wildman–Crippen MR) is 141 cm³/mol. The molecule has 2 aliphatic rings. The quantitative estimate of drug-likeness (QED) is 0.562. The number of anilines is 2. The molecule has 0 bridgehead atoms. The molecule has 0 atom stereocenters. The molecule has 0 radical (unpaired) electrons. The Labute approximate surface area is 216 Å². The maximum atomic E-state index is 13.9. The smallest absolute Gasteiger partial charge is 0.257 e. The van der Waals surface area contributed by atoms with E-state index in [2.05, 4.69) is 10.2 Å². The van der Waals surface area contributed by atoms with Gasteiger partial charge in [-0.15, -0.1) is 0 Å². The average Bonchev–Trinajstić information content (AvgIpc) is 3.20. The Hall–Kier alpha value is -4.33. The molecule has 3 amide bonds. The van der Waals surface area contributed by atoms with E-state index in [0.717, 1.165) is 5.69 Å². The van der Waals surface area contributed by atoms with Crippen molar-refractivity contribution in [1.29, 1.82) is 0 Å². The second-order valence-corrected chi connectivity index (χ2v) is 9.35. The summed E-state index contributed by atoms with van der Waals surface area (Å²) in [4.78, 5) is 45.5. The van der Waals surface area contributed by atoms with Crippen molar-refractivity contribution in [3.63, 3.8) is 0 Å². The lowest BCUT2D eigenvalue weighted by Gasteiger charge is -2.43. The molecule has 5 rings (SSSR count). The normalized spacial score (nSPS) is 16.7. The van der Waals surface area contributed by atoms with Crippen LogP contribution in [0.25, 0.3) is 0 Å². The van der Waals surface area contributed by atoms with Gasteiger partial charge in [0.15, 0.2) is 0 Å². The van der Waals surface area contributed by atoms with Crippen molar-refractivity contribution in [2.75, 3.05) is 43.6 Å². The molecule has 0 unspecified atom stereocenters. The number of ether oxygens (including phenoxy) is 1. The van der Waals surface area contributed by atoms with E-state index < -0.39 is 5.54 Å². The highest BCUT2D eigenvalue weighted by molar-refractivity contribution is 6.00. The Balaban J connectivity index is 1.35. The van der Waals surface area contributed by atoms with E-state index in [-0.39, 0.29) is 24.3 Å². The fraction of sp³-hybridized carbons (Fsp3) is 0.276. The standard InChI is InChI=1S/C29H30N4O4/c1-37-25-15-9-8-14-24(25)27(35)31-18-16-29(17-19-31)28(36)32(21-33(29)23-12-6-3-7-13-23)20-26(34)30-22-10-4-2-5-11-22/h2-15H,16-21H2,1H3,(H,30,34). The first-order chi connectivity index (χ1) is 18.0. The highest BCUT2D eigenvalue weighted by Gasteiger charge is 2.54. The second kappa shape index (κ2) is 10.3. The zero-order valence-corrected chi connectivity index (χ0v) is 20.8. The molecule has 8 nitrogen and oxygen atoms in total. The van der Waals surface area contributed by atoms with E-state index in [1.165, 1.54) is 0 Å². The zero-order valence-electron chi connectivity index (χ0n) is 20.8. The van der Waals surface area contributed by atoms with Crippen LogP contribution in [0, 0.1) is 0 Å². The van der Waals surface area contributed by atoms with Gasteiger partial charge in [0, 0.05) is 24.5 Å². The first-order valence-corrected chi connectivity index (χ1v) is 12.4. The Kier molecular flexibility index (Phi) is 6.81. The van der Waals surface area contributed by atoms with Crippen LogP contribution in [-0.2, 0) is 9.59 Å². The molecule has 2 aliphatic heterocycles. The highest BCUT2D eigenvalue weighted by atomic mass is 16.5. The lowest BCUT2D eigenvalue weighted by atomic mass is 9.85. The lowest BCUT2D eigenvalue weighted by molar-refractivity contribution is -0.136. The Morgan fingerprint density at radius 1 is 0.892 bits per heavy atom. The molecule has 3 aromatic carbocycles. The van der Waals surface area contributed by atoms with Crippen LogP contribution in [0.4, 0.5) is 11.4 Å². The molecule has 1 spiro atoms. The molecular formula is C29H30N4O4. The molecule has 1 N–H and O–H groups in total. The maximum absolute atomic E-state index is 13.9. The van der Waals surface area contributed by atoms with Crippen LogP contribution in [-0.4, -0.2) is 66.5 Å². The Morgan fingerprint density at radius 2 is 1.51 bits per heavy atom. The van der Waals surface area contributed by atoms with Crippen LogP contribution in [0.1, 0.15) is 23.2 Å². The van der Waals surface area contributed by atoms with Crippen LogP contribution in [0.15, 0.2) is 84.9 Å². The van der Waals surface area contributed by atoms with E-state index in [4.69, 9.17) is 4.74 Å². The number of benzene rings is 3. The van der Waals surface area contributed by atoms with Crippen molar-refractivity contribution in [3.05, 3.63) is 90.5 Å². The van der Waals surface area contributed by atoms with Crippen LogP contribution >= 0.6 is 0 Å². The van der Waals surface area contributed by atoms with Crippen molar-refractivity contribution in [3.8, 4) is 5.75 Å². The zero-order chi connectivity index (χ0) is 25.8. The molecule has 0 aliphatic carbocycles.